The Morgan fingerprint density at radius 2 is 2.15 bits per heavy atom. The maximum absolute atomic E-state index is 6.23. The van der Waals surface area contributed by atoms with Gasteiger partial charge in [0.2, 0.25) is 0 Å². The number of hydrogen-bond donors (Lipinski definition) is 1. The summed E-state index contributed by atoms with van der Waals surface area (Å²) in [5.74, 6) is 1.61. The van der Waals surface area contributed by atoms with E-state index in [0.29, 0.717) is 16.5 Å². The van der Waals surface area contributed by atoms with Crippen molar-refractivity contribution in [3.63, 3.8) is 0 Å². The zero-order chi connectivity index (χ0) is 14.3. The fourth-order valence-corrected chi connectivity index (χ4v) is 3.75. The monoisotopic (exact) mass is 293 g/mol. The number of hydrogen-bond acceptors (Lipinski definition) is 2. The van der Waals surface area contributed by atoms with Crippen molar-refractivity contribution in [2.45, 2.75) is 58.6 Å². The summed E-state index contributed by atoms with van der Waals surface area (Å²) in [6.07, 6.45) is 5.07. The first-order valence-corrected chi connectivity index (χ1v) is 8.11. The average Bonchev–Trinajstić information content (AvgIpc) is 2.45. The fraction of sp³-hybridized carbons (Fsp3) is 0.647. The van der Waals surface area contributed by atoms with Gasteiger partial charge in [-0.1, -0.05) is 44.9 Å². The number of fused-ring (bicyclic) bond motifs is 2. The number of ether oxygens (including phenoxy) is 1. The highest BCUT2D eigenvalue weighted by atomic mass is 35.5. The zero-order valence-electron chi connectivity index (χ0n) is 12.6. The molecule has 1 saturated carbocycles. The molecule has 2 nitrogen and oxygen atoms in total. The van der Waals surface area contributed by atoms with Crippen LogP contribution in [0.3, 0.4) is 0 Å². The Kier molecular flexibility index (Phi) is 3.62. The molecule has 0 radical (unpaired) electrons. The van der Waals surface area contributed by atoms with Gasteiger partial charge in [0.1, 0.15) is 6.10 Å². The lowest BCUT2D eigenvalue weighted by molar-refractivity contribution is 0.0613. The van der Waals surface area contributed by atoms with Gasteiger partial charge < -0.3 is 10.1 Å². The van der Waals surface area contributed by atoms with Gasteiger partial charge in [-0.25, -0.2) is 0 Å². The van der Waals surface area contributed by atoms with Gasteiger partial charge in [-0.15, -0.1) is 0 Å². The topological polar surface area (TPSA) is 21.3 Å². The second kappa shape index (κ2) is 5.14. The Morgan fingerprint density at radius 1 is 1.35 bits per heavy atom. The predicted octanol–water partition coefficient (Wildman–Crippen LogP) is 5.12. The van der Waals surface area contributed by atoms with Gasteiger partial charge in [-0.2, -0.15) is 0 Å². The van der Waals surface area contributed by atoms with Crippen LogP contribution in [0.5, 0.6) is 5.75 Å². The van der Waals surface area contributed by atoms with Crippen LogP contribution < -0.4 is 10.1 Å². The highest BCUT2D eigenvalue weighted by Gasteiger charge is 2.40. The molecule has 3 atom stereocenters. The summed E-state index contributed by atoms with van der Waals surface area (Å²) >= 11 is 6.23. The molecule has 1 fully saturated rings. The van der Waals surface area contributed by atoms with Crippen LogP contribution in [0.1, 0.15) is 46.5 Å². The number of halogens is 1. The molecule has 1 aliphatic carbocycles. The van der Waals surface area contributed by atoms with Crippen LogP contribution in [0.2, 0.25) is 5.02 Å². The molecule has 3 rings (SSSR count). The Bertz CT molecular complexity index is 500. The maximum atomic E-state index is 6.23. The van der Waals surface area contributed by atoms with Crippen LogP contribution in [0.4, 0.5) is 5.69 Å². The maximum Gasteiger partial charge on any atom is 0.161 e. The largest absolute Gasteiger partial charge is 0.485 e. The molecule has 2 aliphatic rings. The van der Waals surface area contributed by atoms with Crippen molar-refractivity contribution in [1.82, 2.24) is 0 Å². The molecule has 1 aromatic rings. The lowest BCUT2D eigenvalue weighted by Crippen LogP contribution is -2.48. The third-order valence-corrected chi connectivity index (χ3v) is 5.68. The highest BCUT2D eigenvalue weighted by Crippen LogP contribution is 2.46. The molecule has 1 aromatic carbocycles. The van der Waals surface area contributed by atoms with Gasteiger partial charge in [0.15, 0.2) is 5.75 Å². The van der Waals surface area contributed by atoms with Gasteiger partial charge in [-0.3, -0.25) is 0 Å². The number of para-hydroxylation sites is 1. The summed E-state index contributed by atoms with van der Waals surface area (Å²) in [5, 5.41) is 4.37. The second-order valence-corrected chi connectivity index (χ2v) is 7.28. The van der Waals surface area contributed by atoms with E-state index >= 15 is 0 Å². The molecule has 0 aromatic heterocycles. The summed E-state index contributed by atoms with van der Waals surface area (Å²) in [7, 11) is 0. The first-order chi connectivity index (χ1) is 9.51. The van der Waals surface area contributed by atoms with Crippen molar-refractivity contribution in [3.8, 4) is 5.75 Å². The van der Waals surface area contributed by atoms with E-state index in [1.165, 1.54) is 19.3 Å². The minimum atomic E-state index is 0.270. The van der Waals surface area contributed by atoms with Crippen molar-refractivity contribution < 1.29 is 4.74 Å². The number of anilines is 1. The molecule has 0 spiro atoms. The van der Waals surface area contributed by atoms with Crippen molar-refractivity contribution >= 4 is 17.3 Å². The van der Waals surface area contributed by atoms with E-state index in [2.05, 4.69) is 32.2 Å². The molecule has 1 aliphatic heterocycles. The summed E-state index contributed by atoms with van der Waals surface area (Å²) in [5.41, 5.74) is 1.47. The van der Waals surface area contributed by atoms with Crippen LogP contribution in [0, 0.1) is 11.3 Å². The quantitative estimate of drug-likeness (QED) is 0.817. The summed E-state index contributed by atoms with van der Waals surface area (Å²) in [6.45, 7) is 7.09. The zero-order valence-corrected chi connectivity index (χ0v) is 13.3. The molecule has 0 amide bonds. The molecule has 1 heterocycles. The van der Waals surface area contributed by atoms with E-state index in [-0.39, 0.29) is 6.10 Å². The van der Waals surface area contributed by atoms with Crippen molar-refractivity contribution in [2.24, 2.45) is 11.3 Å². The minimum Gasteiger partial charge on any atom is -0.485 e. The van der Waals surface area contributed by atoms with Crippen LogP contribution in [-0.2, 0) is 0 Å². The van der Waals surface area contributed by atoms with E-state index in [1.807, 2.05) is 12.1 Å². The van der Waals surface area contributed by atoms with Crippen LogP contribution in [0.15, 0.2) is 18.2 Å². The molecule has 110 valence electrons. The summed E-state index contributed by atoms with van der Waals surface area (Å²) in [6, 6.07) is 6.36. The molecule has 0 saturated heterocycles. The fourth-order valence-electron chi connectivity index (χ4n) is 3.53. The SMILES string of the molecule is CCC(C)(C)C1CCC2Oc3c(Cl)cccc3NC2C1. The molecule has 1 N–H and O–H groups in total. The number of rotatable bonds is 2. The third kappa shape index (κ3) is 2.39. The smallest absolute Gasteiger partial charge is 0.161 e. The molecular weight excluding hydrogens is 270 g/mol. The summed E-state index contributed by atoms with van der Waals surface area (Å²) < 4.78 is 6.17. The van der Waals surface area contributed by atoms with Crippen molar-refractivity contribution in [3.05, 3.63) is 23.2 Å². The number of benzene rings is 1. The first kappa shape index (κ1) is 14.1. The lowest BCUT2D eigenvalue weighted by atomic mass is 9.67. The van der Waals surface area contributed by atoms with Gasteiger partial charge in [-0.05, 0) is 42.7 Å². The number of nitrogens with one attached hydrogen (secondary N) is 1. The Hall–Kier alpha value is -0.890. The normalized spacial score (nSPS) is 28.9. The Balaban J connectivity index is 1.80. The van der Waals surface area contributed by atoms with E-state index < -0.39 is 0 Å². The van der Waals surface area contributed by atoms with Crippen LogP contribution in [-0.4, -0.2) is 12.1 Å². The van der Waals surface area contributed by atoms with E-state index in [0.717, 1.165) is 23.8 Å². The average molecular weight is 294 g/mol. The highest BCUT2D eigenvalue weighted by molar-refractivity contribution is 6.32. The predicted molar refractivity (Wildman–Crippen MR) is 84.7 cm³/mol. The van der Waals surface area contributed by atoms with Crippen LogP contribution in [0.25, 0.3) is 0 Å². The van der Waals surface area contributed by atoms with Gasteiger partial charge in [0.25, 0.3) is 0 Å². The van der Waals surface area contributed by atoms with Gasteiger partial charge in [0.05, 0.1) is 16.8 Å². The standard InChI is InChI=1S/C17H24ClNO/c1-4-17(2,3)11-8-9-15-14(10-11)19-13-7-5-6-12(18)16(13)20-15/h5-7,11,14-15,19H,4,8-10H2,1-3H3. The van der Waals surface area contributed by atoms with E-state index in [4.69, 9.17) is 16.3 Å². The van der Waals surface area contributed by atoms with Crippen molar-refractivity contribution in [1.29, 1.82) is 0 Å². The molecule has 3 heteroatoms. The van der Waals surface area contributed by atoms with E-state index in [1.54, 1.807) is 0 Å². The lowest BCUT2D eigenvalue weighted by Gasteiger charge is -2.45. The second-order valence-electron chi connectivity index (χ2n) is 6.88. The molecular formula is C17H24ClNO. The first-order valence-electron chi connectivity index (χ1n) is 7.73. The molecule has 0 bridgehead atoms. The van der Waals surface area contributed by atoms with Gasteiger partial charge in [0, 0.05) is 0 Å². The van der Waals surface area contributed by atoms with Gasteiger partial charge >= 0.3 is 0 Å². The molecule has 20 heavy (non-hydrogen) atoms. The van der Waals surface area contributed by atoms with Crippen molar-refractivity contribution in [2.75, 3.05) is 5.32 Å². The van der Waals surface area contributed by atoms with Crippen LogP contribution >= 0.6 is 11.6 Å². The Morgan fingerprint density at radius 3 is 2.90 bits per heavy atom. The summed E-state index contributed by atoms with van der Waals surface area (Å²) in [4.78, 5) is 0. The molecule has 3 unspecified atom stereocenters. The minimum absolute atomic E-state index is 0.270. The van der Waals surface area contributed by atoms with E-state index in [9.17, 15) is 0 Å². The Labute approximate surface area is 126 Å². The third-order valence-electron chi connectivity index (χ3n) is 5.38.